The van der Waals surface area contributed by atoms with Crippen molar-refractivity contribution in [2.24, 2.45) is 0 Å². The summed E-state index contributed by atoms with van der Waals surface area (Å²) in [4.78, 5) is 29.3. The van der Waals surface area contributed by atoms with Crippen LogP contribution in [0.1, 0.15) is 94.7 Å². The molecule has 1 aromatic heterocycles. The molecular formula is C31H36FNO4. The van der Waals surface area contributed by atoms with Gasteiger partial charge >= 0.3 is 11.9 Å². The molecule has 0 bridgehead atoms. The van der Waals surface area contributed by atoms with Gasteiger partial charge in [-0.2, -0.15) is 0 Å². The Morgan fingerprint density at radius 2 is 1.81 bits per heavy atom. The quantitative estimate of drug-likeness (QED) is 0.332. The molecule has 4 atom stereocenters. The van der Waals surface area contributed by atoms with E-state index in [9.17, 15) is 14.0 Å². The minimum Gasteiger partial charge on any atom is -0.462 e. The third-order valence-electron chi connectivity index (χ3n) is 7.17. The third kappa shape index (κ3) is 6.35. The van der Waals surface area contributed by atoms with E-state index in [4.69, 9.17) is 9.47 Å². The summed E-state index contributed by atoms with van der Waals surface area (Å²) in [5.41, 5.74) is 3.24. The summed E-state index contributed by atoms with van der Waals surface area (Å²) in [5.74, 6) is -0.969. The highest BCUT2D eigenvalue weighted by atomic mass is 19.1. The Morgan fingerprint density at radius 3 is 2.49 bits per heavy atom. The molecule has 196 valence electrons. The second-order valence-corrected chi connectivity index (χ2v) is 11.0. The van der Waals surface area contributed by atoms with Crippen molar-refractivity contribution in [1.29, 1.82) is 0 Å². The number of fused-ring (bicyclic) bond motifs is 1. The molecule has 0 amide bonds. The van der Waals surface area contributed by atoms with Gasteiger partial charge in [0.25, 0.3) is 0 Å². The maximum atomic E-state index is 14.1. The number of rotatable bonds is 6. The summed E-state index contributed by atoms with van der Waals surface area (Å²) in [6, 6.07) is 14.6. The number of pyridine rings is 1. The van der Waals surface area contributed by atoms with Crippen molar-refractivity contribution in [3.05, 3.63) is 77.2 Å². The third-order valence-corrected chi connectivity index (χ3v) is 7.17. The SMILES string of the molecule is CCC(=O)OC1C[C@@H](c2ccnc3ccc(F)cc23)CC[C@H]1c1ccc(C(C)C(=O)OC(C)(C)C)cc1. The van der Waals surface area contributed by atoms with E-state index in [2.05, 4.69) is 4.98 Å². The Morgan fingerprint density at radius 1 is 1.08 bits per heavy atom. The van der Waals surface area contributed by atoms with Gasteiger partial charge in [0.1, 0.15) is 17.5 Å². The van der Waals surface area contributed by atoms with Gasteiger partial charge in [0.2, 0.25) is 0 Å². The molecule has 0 spiro atoms. The summed E-state index contributed by atoms with van der Waals surface area (Å²) >= 11 is 0. The van der Waals surface area contributed by atoms with E-state index in [1.54, 1.807) is 25.3 Å². The lowest BCUT2D eigenvalue weighted by atomic mass is 9.73. The number of carbonyl (C=O) groups is 2. The van der Waals surface area contributed by atoms with Crippen LogP contribution < -0.4 is 0 Å². The second kappa shape index (κ2) is 11.0. The van der Waals surface area contributed by atoms with E-state index in [0.717, 1.165) is 40.4 Å². The Hall–Kier alpha value is -3.28. The predicted molar refractivity (Wildman–Crippen MR) is 142 cm³/mol. The zero-order valence-electron chi connectivity index (χ0n) is 22.3. The standard InChI is InChI=1S/C31H36FNO4/c1-6-29(34)36-28-17-22(24-15-16-33-27-14-12-23(32)18-26(24)27)11-13-25(28)21-9-7-20(8-10-21)19(2)30(35)37-31(3,4)5/h7-10,12,14-16,18-19,22,25,28H,6,11,13,17H2,1-5H3/t19?,22-,25-,28?/m0/s1. The Balaban J connectivity index is 1.57. The van der Waals surface area contributed by atoms with E-state index < -0.39 is 5.60 Å². The highest BCUT2D eigenvalue weighted by Gasteiger charge is 2.35. The van der Waals surface area contributed by atoms with Crippen molar-refractivity contribution in [3.8, 4) is 0 Å². The number of aromatic nitrogens is 1. The number of esters is 2. The van der Waals surface area contributed by atoms with Gasteiger partial charge in [-0.05, 0) is 93.8 Å². The van der Waals surface area contributed by atoms with Crippen LogP contribution in [0.15, 0.2) is 54.7 Å². The number of carbonyl (C=O) groups excluding carboxylic acids is 2. The Kier molecular flexibility index (Phi) is 7.96. The van der Waals surface area contributed by atoms with Crippen molar-refractivity contribution >= 4 is 22.8 Å². The van der Waals surface area contributed by atoms with Crippen molar-refractivity contribution in [2.75, 3.05) is 0 Å². The van der Waals surface area contributed by atoms with Crippen LogP contribution in [0, 0.1) is 5.82 Å². The van der Waals surface area contributed by atoms with Crippen molar-refractivity contribution in [1.82, 2.24) is 4.98 Å². The fourth-order valence-electron chi connectivity index (χ4n) is 5.23. The monoisotopic (exact) mass is 505 g/mol. The number of nitrogens with zero attached hydrogens (tertiary/aromatic N) is 1. The molecule has 1 aliphatic carbocycles. The van der Waals surface area contributed by atoms with E-state index in [1.165, 1.54) is 6.07 Å². The van der Waals surface area contributed by atoms with Crippen LogP contribution in [-0.2, 0) is 19.1 Å². The van der Waals surface area contributed by atoms with Gasteiger partial charge in [-0.1, -0.05) is 31.2 Å². The lowest BCUT2D eigenvalue weighted by Gasteiger charge is -2.36. The molecular weight excluding hydrogens is 469 g/mol. The largest absolute Gasteiger partial charge is 0.462 e. The molecule has 1 fully saturated rings. The molecule has 1 heterocycles. The molecule has 0 saturated heterocycles. The molecule has 1 saturated carbocycles. The predicted octanol–water partition coefficient (Wildman–Crippen LogP) is 7.19. The number of ether oxygens (including phenoxy) is 2. The van der Waals surface area contributed by atoms with Crippen molar-refractivity contribution < 1.29 is 23.5 Å². The van der Waals surface area contributed by atoms with E-state index in [-0.39, 0.29) is 41.6 Å². The van der Waals surface area contributed by atoms with Gasteiger partial charge in [0, 0.05) is 23.9 Å². The molecule has 2 unspecified atom stereocenters. The Bertz CT molecular complexity index is 1260. The minimum absolute atomic E-state index is 0.0440. The topological polar surface area (TPSA) is 65.5 Å². The number of halogens is 1. The van der Waals surface area contributed by atoms with Gasteiger partial charge in [-0.15, -0.1) is 0 Å². The zero-order valence-corrected chi connectivity index (χ0v) is 22.3. The summed E-state index contributed by atoms with van der Waals surface area (Å²) in [6.07, 6.45) is 4.14. The number of benzene rings is 2. The van der Waals surface area contributed by atoms with Crippen molar-refractivity contribution in [2.45, 2.75) is 89.8 Å². The first-order chi connectivity index (χ1) is 17.6. The molecule has 1 aliphatic rings. The molecule has 6 heteroatoms. The average molecular weight is 506 g/mol. The molecule has 0 radical (unpaired) electrons. The first-order valence-corrected chi connectivity index (χ1v) is 13.1. The van der Waals surface area contributed by atoms with Crippen LogP contribution in [-0.4, -0.2) is 28.6 Å². The highest BCUT2D eigenvalue weighted by molar-refractivity contribution is 5.82. The summed E-state index contributed by atoms with van der Waals surface area (Å²) < 4.78 is 25.6. The lowest BCUT2D eigenvalue weighted by molar-refractivity contribution is -0.156. The normalized spacial score (nSPS) is 20.9. The molecule has 3 aromatic rings. The summed E-state index contributed by atoms with van der Waals surface area (Å²) in [5, 5.41) is 0.812. The van der Waals surface area contributed by atoms with E-state index in [1.807, 2.05) is 58.0 Å². The van der Waals surface area contributed by atoms with Gasteiger partial charge in [-0.25, -0.2) is 4.39 Å². The number of hydrogen-bond acceptors (Lipinski definition) is 5. The smallest absolute Gasteiger partial charge is 0.313 e. The van der Waals surface area contributed by atoms with Gasteiger partial charge in [-0.3, -0.25) is 14.6 Å². The van der Waals surface area contributed by atoms with Gasteiger partial charge in [0.05, 0.1) is 11.4 Å². The maximum Gasteiger partial charge on any atom is 0.313 e. The van der Waals surface area contributed by atoms with Gasteiger partial charge in [0.15, 0.2) is 0 Å². The van der Waals surface area contributed by atoms with Crippen LogP contribution in [0.5, 0.6) is 0 Å². The van der Waals surface area contributed by atoms with Crippen LogP contribution in [0.4, 0.5) is 4.39 Å². The second-order valence-electron chi connectivity index (χ2n) is 11.0. The molecule has 0 aliphatic heterocycles. The summed E-state index contributed by atoms with van der Waals surface area (Å²) in [7, 11) is 0. The molecule has 4 rings (SSSR count). The van der Waals surface area contributed by atoms with E-state index >= 15 is 0 Å². The molecule has 2 aromatic carbocycles. The molecule has 5 nitrogen and oxygen atoms in total. The highest BCUT2D eigenvalue weighted by Crippen LogP contribution is 2.44. The van der Waals surface area contributed by atoms with Crippen molar-refractivity contribution in [3.63, 3.8) is 0 Å². The average Bonchev–Trinajstić information content (AvgIpc) is 2.87. The molecule has 0 N–H and O–H groups in total. The van der Waals surface area contributed by atoms with Crippen LogP contribution in [0.2, 0.25) is 0 Å². The van der Waals surface area contributed by atoms with E-state index in [0.29, 0.717) is 12.8 Å². The Labute approximate surface area is 218 Å². The fraction of sp³-hybridized carbons (Fsp3) is 0.452. The zero-order chi connectivity index (χ0) is 26.7. The van der Waals surface area contributed by atoms with Gasteiger partial charge < -0.3 is 9.47 Å². The first-order valence-electron chi connectivity index (χ1n) is 13.1. The van der Waals surface area contributed by atoms with Crippen LogP contribution in [0.3, 0.4) is 0 Å². The van der Waals surface area contributed by atoms with Crippen LogP contribution in [0.25, 0.3) is 10.9 Å². The maximum absolute atomic E-state index is 14.1. The molecule has 37 heavy (non-hydrogen) atoms. The summed E-state index contributed by atoms with van der Waals surface area (Å²) in [6.45, 7) is 9.23. The number of hydrogen-bond donors (Lipinski definition) is 0. The first kappa shape index (κ1) is 26.8. The fourth-order valence-corrected chi connectivity index (χ4v) is 5.23. The van der Waals surface area contributed by atoms with Crippen LogP contribution >= 0.6 is 0 Å². The lowest BCUT2D eigenvalue weighted by Crippen LogP contribution is -2.32. The minimum atomic E-state index is -0.536.